The van der Waals surface area contributed by atoms with Crippen LogP contribution in [0.5, 0.6) is 11.5 Å². The number of hydrogen-bond acceptors (Lipinski definition) is 5. The van der Waals surface area contributed by atoms with Crippen molar-refractivity contribution in [1.82, 2.24) is 10.3 Å². The van der Waals surface area contributed by atoms with E-state index in [9.17, 15) is 9.18 Å². The summed E-state index contributed by atoms with van der Waals surface area (Å²) in [6, 6.07) is 15.1. The maximum Gasteiger partial charge on any atom is 0.255 e. The normalized spacial score (nSPS) is 10.4. The van der Waals surface area contributed by atoms with Gasteiger partial charge < -0.3 is 20.1 Å². The minimum Gasteiger partial charge on any atom is -0.490 e. The summed E-state index contributed by atoms with van der Waals surface area (Å²) in [4.78, 5) is 17.0. The zero-order valence-electron chi connectivity index (χ0n) is 17.7. The van der Waals surface area contributed by atoms with Crippen molar-refractivity contribution in [3.8, 4) is 11.5 Å². The maximum absolute atomic E-state index is 13.1. The van der Waals surface area contributed by atoms with E-state index in [0.29, 0.717) is 54.7 Å². The van der Waals surface area contributed by atoms with E-state index in [-0.39, 0.29) is 11.7 Å². The smallest absolute Gasteiger partial charge is 0.255 e. The first kappa shape index (κ1) is 22.1. The molecule has 0 saturated heterocycles. The second kappa shape index (κ2) is 11.0. The second-order valence-electron chi connectivity index (χ2n) is 6.68. The van der Waals surface area contributed by atoms with Crippen LogP contribution in [0.25, 0.3) is 0 Å². The third-order valence-electron chi connectivity index (χ3n) is 4.47. The number of rotatable bonds is 10. The first-order valence-electron chi connectivity index (χ1n) is 10.2. The Labute approximate surface area is 181 Å². The summed E-state index contributed by atoms with van der Waals surface area (Å²) in [5.74, 6) is 1.25. The molecule has 1 aromatic heterocycles. The molecule has 0 saturated carbocycles. The third kappa shape index (κ3) is 6.18. The first-order valence-corrected chi connectivity index (χ1v) is 10.2. The topological polar surface area (TPSA) is 72.5 Å². The van der Waals surface area contributed by atoms with E-state index < -0.39 is 0 Å². The number of ether oxygens (including phenoxy) is 2. The number of halogens is 1. The summed E-state index contributed by atoms with van der Waals surface area (Å²) < 4.78 is 24.4. The Balaban J connectivity index is 1.62. The Hall–Kier alpha value is -3.61. The van der Waals surface area contributed by atoms with Crippen LogP contribution < -0.4 is 20.1 Å². The molecular weight excluding hydrogens is 397 g/mol. The van der Waals surface area contributed by atoms with Crippen LogP contribution >= 0.6 is 0 Å². The summed E-state index contributed by atoms with van der Waals surface area (Å²) in [6.45, 7) is 5.41. The number of hydrogen-bond donors (Lipinski definition) is 2. The molecule has 6 nitrogen and oxygen atoms in total. The molecule has 0 aliphatic rings. The number of carbonyl (C=O) groups excluding carboxylic acids is 1. The first-order chi connectivity index (χ1) is 15.1. The van der Waals surface area contributed by atoms with Gasteiger partial charge in [-0.15, -0.1) is 0 Å². The Bertz CT molecular complexity index is 1010. The van der Waals surface area contributed by atoms with Crippen LogP contribution in [0.15, 0.2) is 60.8 Å². The van der Waals surface area contributed by atoms with Crippen molar-refractivity contribution in [1.29, 1.82) is 0 Å². The van der Waals surface area contributed by atoms with Crippen LogP contribution in [-0.4, -0.2) is 30.6 Å². The van der Waals surface area contributed by atoms with Crippen LogP contribution in [0, 0.1) is 5.82 Å². The van der Waals surface area contributed by atoms with Gasteiger partial charge in [0.05, 0.1) is 18.8 Å². The van der Waals surface area contributed by atoms with Gasteiger partial charge in [0.25, 0.3) is 5.91 Å². The van der Waals surface area contributed by atoms with Crippen molar-refractivity contribution in [2.45, 2.75) is 20.3 Å². The lowest BCUT2D eigenvalue weighted by Crippen LogP contribution is -2.26. The fourth-order valence-electron chi connectivity index (χ4n) is 3.02. The fourth-order valence-corrected chi connectivity index (χ4v) is 3.02. The summed E-state index contributed by atoms with van der Waals surface area (Å²) in [5, 5.41) is 5.98. The van der Waals surface area contributed by atoms with Gasteiger partial charge >= 0.3 is 0 Å². The molecule has 0 atom stereocenters. The highest BCUT2D eigenvalue weighted by Crippen LogP contribution is 2.28. The quantitative estimate of drug-likeness (QED) is 0.493. The van der Waals surface area contributed by atoms with Crippen LogP contribution in [0.3, 0.4) is 0 Å². The Kier molecular flexibility index (Phi) is 7.81. The van der Waals surface area contributed by atoms with Gasteiger partial charge in [0.1, 0.15) is 11.6 Å². The number of nitrogens with zero attached hydrogens (tertiary/aromatic N) is 1. The minimum atomic E-state index is -0.327. The molecule has 2 aromatic carbocycles. The number of anilines is 2. The Morgan fingerprint density at radius 1 is 1.00 bits per heavy atom. The van der Waals surface area contributed by atoms with Crippen LogP contribution in [0.2, 0.25) is 0 Å². The number of pyridine rings is 1. The van der Waals surface area contributed by atoms with E-state index in [2.05, 4.69) is 15.6 Å². The molecule has 0 bridgehead atoms. The highest BCUT2D eigenvalue weighted by Gasteiger charge is 2.13. The SMILES string of the molecule is CCOc1ccc(CCNC(=O)c2cccnc2Nc2ccc(F)cc2)cc1OCC. The molecule has 0 aliphatic carbocycles. The minimum absolute atomic E-state index is 0.242. The predicted molar refractivity (Wildman–Crippen MR) is 119 cm³/mol. The summed E-state index contributed by atoms with van der Waals surface area (Å²) in [5.41, 5.74) is 2.09. The molecule has 1 heterocycles. The summed E-state index contributed by atoms with van der Waals surface area (Å²) in [7, 11) is 0. The van der Waals surface area contributed by atoms with Crippen LogP contribution in [0.4, 0.5) is 15.9 Å². The van der Waals surface area contributed by atoms with Gasteiger partial charge in [-0.3, -0.25) is 4.79 Å². The number of amides is 1. The van der Waals surface area contributed by atoms with Gasteiger partial charge in [-0.05, 0) is 74.4 Å². The molecule has 0 fully saturated rings. The van der Waals surface area contributed by atoms with E-state index in [1.54, 1.807) is 30.5 Å². The van der Waals surface area contributed by atoms with Crippen LogP contribution in [0.1, 0.15) is 29.8 Å². The Morgan fingerprint density at radius 3 is 2.48 bits per heavy atom. The van der Waals surface area contributed by atoms with Crippen molar-refractivity contribution >= 4 is 17.4 Å². The average Bonchev–Trinajstić information content (AvgIpc) is 2.77. The molecule has 3 rings (SSSR count). The number of aromatic nitrogens is 1. The summed E-state index contributed by atoms with van der Waals surface area (Å²) in [6.07, 6.45) is 2.23. The molecule has 0 spiro atoms. The zero-order chi connectivity index (χ0) is 22.1. The van der Waals surface area contributed by atoms with E-state index in [4.69, 9.17) is 9.47 Å². The average molecular weight is 423 g/mol. The van der Waals surface area contributed by atoms with Gasteiger partial charge in [0.15, 0.2) is 11.5 Å². The van der Waals surface area contributed by atoms with Crippen molar-refractivity contribution in [3.63, 3.8) is 0 Å². The third-order valence-corrected chi connectivity index (χ3v) is 4.47. The largest absolute Gasteiger partial charge is 0.490 e. The van der Waals surface area contributed by atoms with E-state index in [1.807, 2.05) is 32.0 Å². The van der Waals surface area contributed by atoms with Gasteiger partial charge in [0.2, 0.25) is 0 Å². The van der Waals surface area contributed by atoms with E-state index in [1.165, 1.54) is 12.1 Å². The lowest BCUT2D eigenvalue weighted by molar-refractivity contribution is 0.0954. The molecular formula is C24H26FN3O3. The molecule has 162 valence electrons. The van der Waals surface area contributed by atoms with Gasteiger partial charge in [0, 0.05) is 18.4 Å². The monoisotopic (exact) mass is 423 g/mol. The predicted octanol–water partition coefficient (Wildman–Crippen LogP) is 4.73. The Morgan fingerprint density at radius 2 is 1.74 bits per heavy atom. The lowest BCUT2D eigenvalue weighted by Gasteiger charge is -2.13. The molecule has 0 radical (unpaired) electrons. The molecule has 0 unspecified atom stereocenters. The molecule has 31 heavy (non-hydrogen) atoms. The molecule has 7 heteroatoms. The van der Waals surface area contributed by atoms with Crippen molar-refractivity contribution in [2.75, 3.05) is 25.1 Å². The molecule has 2 N–H and O–H groups in total. The van der Waals surface area contributed by atoms with Crippen LogP contribution in [-0.2, 0) is 6.42 Å². The van der Waals surface area contributed by atoms with Crippen molar-refractivity contribution in [2.24, 2.45) is 0 Å². The second-order valence-corrected chi connectivity index (χ2v) is 6.68. The lowest BCUT2D eigenvalue weighted by atomic mass is 10.1. The maximum atomic E-state index is 13.1. The van der Waals surface area contributed by atoms with E-state index >= 15 is 0 Å². The molecule has 0 aliphatic heterocycles. The van der Waals surface area contributed by atoms with Crippen molar-refractivity contribution in [3.05, 3.63) is 77.7 Å². The van der Waals surface area contributed by atoms with Gasteiger partial charge in [-0.2, -0.15) is 0 Å². The zero-order valence-corrected chi connectivity index (χ0v) is 17.7. The van der Waals surface area contributed by atoms with Gasteiger partial charge in [-0.25, -0.2) is 9.37 Å². The molecule has 3 aromatic rings. The van der Waals surface area contributed by atoms with Gasteiger partial charge in [-0.1, -0.05) is 6.07 Å². The number of benzene rings is 2. The van der Waals surface area contributed by atoms with Crippen molar-refractivity contribution < 1.29 is 18.7 Å². The van der Waals surface area contributed by atoms with E-state index in [0.717, 1.165) is 5.56 Å². The highest BCUT2D eigenvalue weighted by molar-refractivity contribution is 5.99. The summed E-state index contributed by atoms with van der Waals surface area (Å²) >= 11 is 0. The number of nitrogens with one attached hydrogen (secondary N) is 2. The standard InChI is InChI=1S/C24H26FN3O3/c1-3-30-21-12-7-17(16-22(21)31-4-2)13-15-27-24(29)20-6-5-14-26-23(20)28-19-10-8-18(25)9-11-19/h5-12,14,16H,3-4,13,15H2,1-2H3,(H,26,28)(H,27,29). The number of carbonyl (C=O) groups is 1. The molecule has 1 amide bonds. The highest BCUT2D eigenvalue weighted by atomic mass is 19.1. The fraction of sp³-hybridized carbons (Fsp3) is 0.250.